The van der Waals surface area contributed by atoms with Crippen LogP contribution in [0, 0.1) is 0 Å². The molecule has 0 unspecified atom stereocenters. The van der Waals surface area contributed by atoms with Crippen LogP contribution in [-0.4, -0.2) is 27.4 Å². The Kier molecular flexibility index (Phi) is 3.16. The monoisotopic (exact) mass is 195 g/mol. The molecule has 1 saturated carbocycles. The minimum absolute atomic E-state index is 0.171. The van der Waals surface area contributed by atoms with Crippen molar-refractivity contribution in [2.75, 3.05) is 0 Å². The molecule has 0 aromatic carbocycles. The van der Waals surface area contributed by atoms with Crippen LogP contribution in [0.2, 0.25) is 0 Å². The Morgan fingerprint density at radius 2 is 2.36 bits per heavy atom. The normalized spacial score (nSPS) is 27.8. The molecule has 1 aliphatic rings. The molecule has 1 aromatic rings. The smallest absolute Gasteiger partial charge is 0.0693 e. The number of hydrogen-bond donors (Lipinski definition) is 3. The summed E-state index contributed by atoms with van der Waals surface area (Å²) in [6, 6.07) is 0.263. The second kappa shape index (κ2) is 4.57. The summed E-state index contributed by atoms with van der Waals surface area (Å²) in [5.74, 6) is 0. The molecule has 2 rings (SSSR count). The quantitative estimate of drug-likeness (QED) is 0.668. The number of aliphatic hydroxyl groups is 1. The van der Waals surface area contributed by atoms with Gasteiger partial charge in [-0.15, -0.1) is 0 Å². The fourth-order valence-corrected chi connectivity index (χ4v) is 1.97. The Bertz CT molecular complexity index is 260. The average Bonchev–Trinajstić information content (AvgIpc) is 2.69. The van der Waals surface area contributed by atoms with E-state index < -0.39 is 0 Å². The number of rotatable bonds is 3. The van der Waals surface area contributed by atoms with Crippen LogP contribution in [0.3, 0.4) is 0 Å². The highest BCUT2D eigenvalue weighted by Gasteiger charge is 2.21. The molecule has 4 nitrogen and oxygen atoms in total. The highest BCUT2D eigenvalue weighted by molar-refractivity contribution is 5.02. The summed E-state index contributed by atoms with van der Waals surface area (Å²) in [6.45, 7) is 0.790. The third kappa shape index (κ3) is 2.33. The molecule has 0 saturated heterocycles. The third-order valence-corrected chi connectivity index (χ3v) is 2.85. The second-order valence-electron chi connectivity index (χ2n) is 3.95. The van der Waals surface area contributed by atoms with E-state index in [9.17, 15) is 5.11 Å². The molecule has 2 atom stereocenters. The molecule has 1 aromatic heterocycles. The van der Waals surface area contributed by atoms with Crippen molar-refractivity contribution in [3.05, 3.63) is 18.0 Å². The van der Waals surface area contributed by atoms with Crippen LogP contribution < -0.4 is 5.32 Å². The van der Waals surface area contributed by atoms with Crippen LogP contribution in [0.5, 0.6) is 0 Å². The molecule has 4 heteroatoms. The predicted molar refractivity (Wildman–Crippen MR) is 53.7 cm³/mol. The topological polar surface area (TPSA) is 60.9 Å². The van der Waals surface area contributed by atoms with Crippen molar-refractivity contribution in [1.82, 2.24) is 15.5 Å². The summed E-state index contributed by atoms with van der Waals surface area (Å²) in [5, 5.41) is 19.7. The van der Waals surface area contributed by atoms with Gasteiger partial charge in [-0.25, -0.2) is 0 Å². The summed E-state index contributed by atoms with van der Waals surface area (Å²) in [6.07, 6.45) is 7.91. The summed E-state index contributed by atoms with van der Waals surface area (Å²) >= 11 is 0. The van der Waals surface area contributed by atoms with E-state index in [1.807, 2.05) is 12.4 Å². The Hall–Kier alpha value is -0.870. The first kappa shape index (κ1) is 9.68. The zero-order valence-corrected chi connectivity index (χ0v) is 8.24. The highest BCUT2D eigenvalue weighted by atomic mass is 16.3. The number of aromatic nitrogens is 2. The fraction of sp³-hybridized carbons (Fsp3) is 0.700. The van der Waals surface area contributed by atoms with Crippen molar-refractivity contribution >= 4 is 0 Å². The zero-order valence-electron chi connectivity index (χ0n) is 8.24. The lowest BCUT2D eigenvalue weighted by molar-refractivity contribution is 0.0902. The lowest BCUT2D eigenvalue weighted by Crippen LogP contribution is -2.41. The minimum Gasteiger partial charge on any atom is -0.392 e. The van der Waals surface area contributed by atoms with E-state index in [-0.39, 0.29) is 12.1 Å². The standard InChI is InChI=1S/C10H17N3O/c14-10-4-2-1-3-9(10)11-5-8-6-12-13-7-8/h6-7,9-11,14H,1-5H2,(H,12,13)/t9-,10-/m1/s1. The number of aliphatic hydroxyl groups excluding tert-OH is 1. The summed E-state index contributed by atoms with van der Waals surface area (Å²) < 4.78 is 0. The Morgan fingerprint density at radius 1 is 1.50 bits per heavy atom. The van der Waals surface area contributed by atoms with Gasteiger partial charge in [0.25, 0.3) is 0 Å². The first-order valence-corrected chi connectivity index (χ1v) is 5.25. The maximum atomic E-state index is 9.71. The molecule has 78 valence electrons. The Labute approximate surface area is 83.7 Å². The SMILES string of the molecule is O[C@@H]1CCCC[C@H]1NCc1cn[nH]c1. The van der Waals surface area contributed by atoms with E-state index in [1.165, 1.54) is 6.42 Å². The average molecular weight is 195 g/mol. The fourth-order valence-electron chi connectivity index (χ4n) is 1.97. The molecule has 1 heterocycles. The van der Waals surface area contributed by atoms with Crippen LogP contribution in [0.4, 0.5) is 0 Å². The summed E-state index contributed by atoms with van der Waals surface area (Å²) in [4.78, 5) is 0. The number of H-pyrrole nitrogens is 1. The number of aromatic amines is 1. The van der Waals surface area contributed by atoms with Gasteiger partial charge in [-0.3, -0.25) is 5.10 Å². The van der Waals surface area contributed by atoms with Crippen LogP contribution in [-0.2, 0) is 6.54 Å². The summed E-state index contributed by atoms with van der Waals surface area (Å²) in [5.41, 5.74) is 1.14. The van der Waals surface area contributed by atoms with Gasteiger partial charge in [0.2, 0.25) is 0 Å². The lowest BCUT2D eigenvalue weighted by Gasteiger charge is -2.28. The van der Waals surface area contributed by atoms with Gasteiger partial charge in [0, 0.05) is 24.3 Å². The first-order valence-electron chi connectivity index (χ1n) is 5.25. The zero-order chi connectivity index (χ0) is 9.80. The molecule has 0 spiro atoms. The maximum absolute atomic E-state index is 9.71. The van der Waals surface area contributed by atoms with E-state index in [0.717, 1.165) is 31.4 Å². The molecule has 1 fully saturated rings. The van der Waals surface area contributed by atoms with E-state index in [2.05, 4.69) is 15.5 Å². The summed E-state index contributed by atoms with van der Waals surface area (Å²) in [7, 11) is 0. The molecule has 0 aliphatic heterocycles. The first-order chi connectivity index (χ1) is 6.86. The van der Waals surface area contributed by atoms with Gasteiger partial charge in [0.1, 0.15) is 0 Å². The van der Waals surface area contributed by atoms with Gasteiger partial charge in [-0.2, -0.15) is 5.10 Å². The van der Waals surface area contributed by atoms with Crippen LogP contribution in [0.15, 0.2) is 12.4 Å². The van der Waals surface area contributed by atoms with Crippen molar-refractivity contribution in [1.29, 1.82) is 0 Å². The molecule has 3 N–H and O–H groups in total. The van der Waals surface area contributed by atoms with Gasteiger partial charge >= 0.3 is 0 Å². The highest BCUT2D eigenvalue weighted by Crippen LogP contribution is 2.18. The molecule has 0 bridgehead atoms. The number of nitrogens with one attached hydrogen (secondary N) is 2. The van der Waals surface area contributed by atoms with Gasteiger partial charge in [-0.05, 0) is 12.8 Å². The van der Waals surface area contributed by atoms with Crippen molar-refractivity contribution < 1.29 is 5.11 Å². The van der Waals surface area contributed by atoms with Crippen LogP contribution >= 0.6 is 0 Å². The maximum Gasteiger partial charge on any atom is 0.0693 e. The van der Waals surface area contributed by atoms with Gasteiger partial charge in [-0.1, -0.05) is 12.8 Å². The van der Waals surface area contributed by atoms with Gasteiger partial charge in [0.05, 0.1) is 12.3 Å². The van der Waals surface area contributed by atoms with Gasteiger partial charge < -0.3 is 10.4 Å². The molecule has 1 aliphatic carbocycles. The van der Waals surface area contributed by atoms with E-state index in [4.69, 9.17) is 0 Å². The van der Waals surface area contributed by atoms with Gasteiger partial charge in [0.15, 0.2) is 0 Å². The van der Waals surface area contributed by atoms with Crippen molar-refractivity contribution in [2.24, 2.45) is 0 Å². The van der Waals surface area contributed by atoms with E-state index >= 15 is 0 Å². The van der Waals surface area contributed by atoms with E-state index in [0.29, 0.717) is 0 Å². The molecular weight excluding hydrogens is 178 g/mol. The van der Waals surface area contributed by atoms with Crippen LogP contribution in [0.1, 0.15) is 31.2 Å². The van der Waals surface area contributed by atoms with Crippen molar-refractivity contribution in [3.63, 3.8) is 0 Å². The Morgan fingerprint density at radius 3 is 3.07 bits per heavy atom. The molecule has 0 amide bonds. The third-order valence-electron chi connectivity index (χ3n) is 2.85. The van der Waals surface area contributed by atoms with Crippen LogP contribution in [0.25, 0.3) is 0 Å². The molecule has 14 heavy (non-hydrogen) atoms. The molecule has 0 radical (unpaired) electrons. The number of hydrogen-bond acceptors (Lipinski definition) is 3. The Balaban J connectivity index is 1.79. The molecular formula is C10H17N3O. The lowest BCUT2D eigenvalue weighted by atomic mass is 9.92. The van der Waals surface area contributed by atoms with E-state index in [1.54, 1.807) is 0 Å². The largest absolute Gasteiger partial charge is 0.392 e. The number of nitrogens with zero attached hydrogens (tertiary/aromatic N) is 1. The van der Waals surface area contributed by atoms with Crippen molar-refractivity contribution in [3.8, 4) is 0 Å². The minimum atomic E-state index is -0.171. The van der Waals surface area contributed by atoms with Crippen molar-refractivity contribution in [2.45, 2.75) is 44.4 Å². The predicted octanol–water partition coefficient (Wildman–Crippen LogP) is 0.803. The second-order valence-corrected chi connectivity index (χ2v) is 3.95.